The van der Waals surface area contributed by atoms with Crippen molar-refractivity contribution < 1.29 is 14.7 Å². The lowest BCUT2D eigenvalue weighted by Crippen LogP contribution is -2.50. The molecule has 0 radical (unpaired) electrons. The molecular formula is C15H27N3O3. The van der Waals surface area contributed by atoms with E-state index in [1.807, 2.05) is 11.8 Å². The second-order valence-corrected chi connectivity index (χ2v) is 6.63. The smallest absolute Gasteiger partial charge is 0.321 e. The van der Waals surface area contributed by atoms with E-state index >= 15 is 0 Å². The number of nitrogens with one attached hydrogen (secondary N) is 2. The molecule has 3 amide bonds. The van der Waals surface area contributed by atoms with Gasteiger partial charge in [0.05, 0.1) is 12.1 Å². The van der Waals surface area contributed by atoms with E-state index in [4.69, 9.17) is 0 Å². The summed E-state index contributed by atoms with van der Waals surface area (Å²) in [5, 5.41) is 15.1. The van der Waals surface area contributed by atoms with Crippen LogP contribution >= 0.6 is 0 Å². The zero-order valence-electron chi connectivity index (χ0n) is 12.9. The second-order valence-electron chi connectivity index (χ2n) is 6.63. The number of nitrogens with zero attached hydrogens (tertiary/aromatic N) is 1. The minimum absolute atomic E-state index is 0.205. The first-order chi connectivity index (χ1) is 9.94. The maximum Gasteiger partial charge on any atom is 0.321 e. The van der Waals surface area contributed by atoms with Gasteiger partial charge in [0.15, 0.2) is 0 Å². The third-order valence-electron chi connectivity index (χ3n) is 4.49. The molecule has 0 spiro atoms. The zero-order valence-corrected chi connectivity index (χ0v) is 12.9. The average molecular weight is 297 g/mol. The van der Waals surface area contributed by atoms with Crippen molar-refractivity contribution in [1.29, 1.82) is 0 Å². The Morgan fingerprint density at radius 1 is 1.19 bits per heavy atom. The molecule has 0 bridgehead atoms. The molecule has 2 rings (SSSR count). The Morgan fingerprint density at radius 2 is 1.81 bits per heavy atom. The number of urea groups is 1. The molecule has 21 heavy (non-hydrogen) atoms. The van der Waals surface area contributed by atoms with Crippen molar-refractivity contribution in [3.8, 4) is 0 Å². The molecule has 2 aliphatic rings. The first kappa shape index (κ1) is 16.2. The van der Waals surface area contributed by atoms with E-state index in [0.29, 0.717) is 25.9 Å². The summed E-state index contributed by atoms with van der Waals surface area (Å²) in [6.45, 7) is 3.41. The van der Waals surface area contributed by atoms with E-state index in [0.717, 1.165) is 25.7 Å². The highest BCUT2D eigenvalue weighted by atomic mass is 16.3. The minimum Gasteiger partial charge on any atom is -0.390 e. The highest BCUT2D eigenvalue weighted by molar-refractivity contribution is 5.95. The standard InChI is InChI=1S/C15H27N3O3/c1-15(21)7-9-18(10-8-15)11-13(19)17-14(20)16-12-5-3-2-4-6-12/h12,21H,2-11H2,1H3,(H2,16,17,19,20). The fraction of sp³-hybridized carbons (Fsp3) is 0.867. The van der Waals surface area contributed by atoms with Crippen molar-refractivity contribution in [2.45, 2.75) is 63.5 Å². The summed E-state index contributed by atoms with van der Waals surface area (Å²) in [7, 11) is 0. The van der Waals surface area contributed by atoms with Gasteiger partial charge >= 0.3 is 6.03 Å². The van der Waals surface area contributed by atoms with Crippen LogP contribution in [-0.2, 0) is 4.79 Å². The molecule has 0 aromatic carbocycles. The highest BCUT2D eigenvalue weighted by Gasteiger charge is 2.28. The van der Waals surface area contributed by atoms with E-state index < -0.39 is 5.60 Å². The van der Waals surface area contributed by atoms with Crippen molar-refractivity contribution in [3.05, 3.63) is 0 Å². The van der Waals surface area contributed by atoms with Crippen LogP contribution in [-0.4, -0.2) is 53.2 Å². The van der Waals surface area contributed by atoms with Gasteiger partial charge in [-0.05, 0) is 32.6 Å². The first-order valence-electron chi connectivity index (χ1n) is 8.00. The van der Waals surface area contributed by atoms with Gasteiger partial charge in [0.2, 0.25) is 5.91 Å². The Hall–Kier alpha value is -1.14. The fourth-order valence-electron chi connectivity index (χ4n) is 3.03. The Bertz CT molecular complexity index is 368. The molecule has 0 aromatic rings. The Morgan fingerprint density at radius 3 is 2.43 bits per heavy atom. The quantitative estimate of drug-likeness (QED) is 0.725. The summed E-state index contributed by atoms with van der Waals surface area (Å²) in [4.78, 5) is 25.6. The topological polar surface area (TPSA) is 81.7 Å². The molecule has 1 aliphatic carbocycles. The lowest BCUT2D eigenvalue weighted by molar-refractivity contribution is -0.122. The predicted octanol–water partition coefficient (Wildman–Crippen LogP) is 0.992. The van der Waals surface area contributed by atoms with Crippen molar-refractivity contribution in [3.63, 3.8) is 0 Å². The van der Waals surface area contributed by atoms with E-state index in [9.17, 15) is 14.7 Å². The van der Waals surface area contributed by atoms with Gasteiger partial charge in [0.1, 0.15) is 0 Å². The summed E-state index contributed by atoms with van der Waals surface area (Å²) in [5.74, 6) is -0.273. The summed E-state index contributed by atoms with van der Waals surface area (Å²) < 4.78 is 0. The van der Waals surface area contributed by atoms with Crippen LogP contribution in [0.4, 0.5) is 4.79 Å². The van der Waals surface area contributed by atoms with Gasteiger partial charge in [-0.3, -0.25) is 15.0 Å². The molecule has 1 saturated heterocycles. The van der Waals surface area contributed by atoms with Gasteiger partial charge in [-0.1, -0.05) is 19.3 Å². The lowest BCUT2D eigenvalue weighted by atomic mass is 9.94. The minimum atomic E-state index is -0.620. The van der Waals surface area contributed by atoms with E-state index in [-0.39, 0.29) is 24.5 Å². The van der Waals surface area contributed by atoms with Gasteiger partial charge in [-0.2, -0.15) is 0 Å². The number of amides is 3. The van der Waals surface area contributed by atoms with Gasteiger partial charge in [0, 0.05) is 19.1 Å². The molecule has 120 valence electrons. The largest absolute Gasteiger partial charge is 0.390 e. The predicted molar refractivity (Wildman–Crippen MR) is 79.8 cm³/mol. The Balaban J connectivity index is 1.65. The van der Waals surface area contributed by atoms with Crippen LogP contribution in [0, 0.1) is 0 Å². The van der Waals surface area contributed by atoms with Crippen LogP contribution in [0.25, 0.3) is 0 Å². The SMILES string of the molecule is CC1(O)CCN(CC(=O)NC(=O)NC2CCCCC2)CC1. The van der Waals surface area contributed by atoms with Crippen LogP contribution in [0.2, 0.25) is 0 Å². The number of hydrogen-bond donors (Lipinski definition) is 3. The third-order valence-corrected chi connectivity index (χ3v) is 4.49. The number of carbonyl (C=O) groups excluding carboxylic acids is 2. The normalized spacial score (nSPS) is 23.5. The Labute approximate surface area is 126 Å². The molecule has 6 heteroatoms. The van der Waals surface area contributed by atoms with Gasteiger partial charge in [-0.15, -0.1) is 0 Å². The highest BCUT2D eigenvalue weighted by Crippen LogP contribution is 2.20. The molecule has 1 saturated carbocycles. The Kier molecular flexibility index (Phi) is 5.58. The van der Waals surface area contributed by atoms with Crippen molar-refractivity contribution in [1.82, 2.24) is 15.5 Å². The van der Waals surface area contributed by atoms with Crippen molar-refractivity contribution in [2.24, 2.45) is 0 Å². The van der Waals surface area contributed by atoms with Crippen LogP contribution in [0.5, 0.6) is 0 Å². The van der Waals surface area contributed by atoms with Crippen molar-refractivity contribution >= 4 is 11.9 Å². The number of imide groups is 1. The monoisotopic (exact) mass is 297 g/mol. The molecule has 6 nitrogen and oxygen atoms in total. The number of hydrogen-bond acceptors (Lipinski definition) is 4. The van der Waals surface area contributed by atoms with Crippen LogP contribution < -0.4 is 10.6 Å². The van der Waals surface area contributed by atoms with Crippen LogP contribution in [0.15, 0.2) is 0 Å². The summed E-state index contributed by atoms with van der Waals surface area (Å²) >= 11 is 0. The molecule has 3 N–H and O–H groups in total. The molecule has 0 unspecified atom stereocenters. The second kappa shape index (κ2) is 7.22. The van der Waals surface area contributed by atoms with E-state index in [1.165, 1.54) is 6.42 Å². The van der Waals surface area contributed by atoms with Gasteiger partial charge < -0.3 is 10.4 Å². The van der Waals surface area contributed by atoms with Gasteiger partial charge in [0.25, 0.3) is 0 Å². The van der Waals surface area contributed by atoms with Crippen LogP contribution in [0.1, 0.15) is 51.9 Å². The summed E-state index contributed by atoms with van der Waals surface area (Å²) in [6, 6.07) is -0.174. The van der Waals surface area contributed by atoms with Crippen molar-refractivity contribution in [2.75, 3.05) is 19.6 Å². The lowest BCUT2D eigenvalue weighted by Gasteiger charge is -2.35. The van der Waals surface area contributed by atoms with E-state index in [2.05, 4.69) is 10.6 Å². The van der Waals surface area contributed by atoms with Gasteiger partial charge in [-0.25, -0.2) is 4.79 Å². The first-order valence-corrected chi connectivity index (χ1v) is 8.00. The van der Waals surface area contributed by atoms with Crippen LogP contribution in [0.3, 0.4) is 0 Å². The maximum atomic E-state index is 11.8. The fourth-order valence-corrected chi connectivity index (χ4v) is 3.03. The molecular weight excluding hydrogens is 270 g/mol. The summed E-state index contributed by atoms with van der Waals surface area (Å²) in [6.07, 6.45) is 6.85. The van der Waals surface area contributed by atoms with E-state index in [1.54, 1.807) is 0 Å². The molecule has 2 fully saturated rings. The number of likely N-dealkylation sites (tertiary alicyclic amines) is 1. The average Bonchev–Trinajstić information content (AvgIpc) is 2.42. The number of aliphatic hydroxyl groups is 1. The molecule has 0 atom stereocenters. The number of piperidine rings is 1. The number of rotatable bonds is 3. The molecule has 1 heterocycles. The summed E-state index contributed by atoms with van der Waals surface area (Å²) in [5.41, 5.74) is -0.620. The number of carbonyl (C=O) groups is 2. The molecule has 0 aromatic heterocycles. The molecule has 1 aliphatic heterocycles. The third kappa shape index (κ3) is 5.63. The maximum absolute atomic E-state index is 11.8. The zero-order chi connectivity index (χ0) is 15.3.